The summed E-state index contributed by atoms with van der Waals surface area (Å²) in [5.41, 5.74) is 0.447. The number of aromatic nitrogens is 2. The van der Waals surface area contributed by atoms with E-state index < -0.39 is 0 Å². The molecule has 15 heavy (non-hydrogen) atoms. The van der Waals surface area contributed by atoms with Crippen LogP contribution in [-0.4, -0.2) is 38.3 Å². The molecule has 0 aromatic carbocycles. The zero-order valence-corrected chi connectivity index (χ0v) is 11.2. The van der Waals surface area contributed by atoms with Gasteiger partial charge in [0.1, 0.15) is 0 Å². The molecule has 1 aromatic rings. The maximum Gasteiger partial charge on any atom is 0.275 e. The molecule has 0 unspecified atom stereocenters. The lowest BCUT2D eigenvalue weighted by Gasteiger charge is -2.25. The summed E-state index contributed by atoms with van der Waals surface area (Å²) in [6.07, 6.45) is 0.946. The van der Waals surface area contributed by atoms with Crippen molar-refractivity contribution in [3.63, 3.8) is 0 Å². The number of alkyl halides is 1. The zero-order chi connectivity index (χ0) is 11.3. The van der Waals surface area contributed by atoms with Gasteiger partial charge in [-0.25, -0.2) is 0 Å². The standard InChI is InChI=1S/C9H14BrN3OS/c1-7(2)13(5-3-4-10)9(14)8-6-15-12-11-8/h6-7H,3-5H2,1-2H3. The van der Waals surface area contributed by atoms with Gasteiger partial charge >= 0.3 is 0 Å². The Morgan fingerprint density at radius 1 is 1.67 bits per heavy atom. The molecule has 0 spiro atoms. The Morgan fingerprint density at radius 2 is 2.40 bits per heavy atom. The third kappa shape index (κ3) is 3.53. The molecular formula is C9H14BrN3OS. The van der Waals surface area contributed by atoms with Crippen LogP contribution in [0, 0.1) is 0 Å². The summed E-state index contributed by atoms with van der Waals surface area (Å²) in [5.74, 6) is -0.0281. The molecule has 0 atom stereocenters. The molecule has 6 heteroatoms. The Kier molecular flexibility index (Phi) is 5.17. The number of hydrogen-bond acceptors (Lipinski definition) is 4. The molecule has 0 aliphatic rings. The van der Waals surface area contributed by atoms with Gasteiger partial charge in [0, 0.05) is 23.3 Å². The summed E-state index contributed by atoms with van der Waals surface area (Å²) in [6.45, 7) is 4.76. The molecule has 1 aromatic heterocycles. The fraction of sp³-hybridized carbons (Fsp3) is 0.667. The average Bonchev–Trinajstić information content (AvgIpc) is 2.70. The van der Waals surface area contributed by atoms with Gasteiger partial charge in [-0.2, -0.15) is 0 Å². The van der Waals surface area contributed by atoms with E-state index in [0.717, 1.165) is 18.3 Å². The lowest BCUT2D eigenvalue weighted by molar-refractivity contribution is 0.0700. The van der Waals surface area contributed by atoms with Crippen LogP contribution in [0.15, 0.2) is 5.38 Å². The summed E-state index contributed by atoms with van der Waals surface area (Å²) in [5, 5.41) is 6.38. The van der Waals surface area contributed by atoms with Crippen LogP contribution >= 0.6 is 27.5 Å². The van der Waals surface area contributed by atoms with E-state index in [-0.39, 0.29) is 11.9 Å². The van der Waals surface area contributed by atoms with Gasteiger partial charge in [-0.05, 0) is 31.8 Å². The van der Waals surface area contributed by atoms with E-state index in [1.54, 1.807) is 5.38 Å². The number of amides is 1. The van der Waals surface area contributed by atoms with Crippen molar-refractivity contribution in [2.24, 2.45) is 0 Å². The number of carbonyl (C=O) groups is 1. The highest BCUT2D eigenvalue weighted by atomic mass is 79.9. The van der Waals surface area contributed by atoms with Crippen LogP contribution in [0.4, 0.5) is 0 Å². The lowest BCUT2D eigenvalue weighted by Crippen LogP contribution is -2.38. The van der Waals surface area contributed by atoms with E-state index in [4.69, 9.17) is 0 Å². The van der Waals surface area contributed by atoms with E-state index in [1.807, 2.05) is 18.7 Å². The maximum atomic E-state index is 12.0. The van der Waals surface area contributed by atoms with Crippen LogP contribution in [0.25, 0.3) is 0 Å². The minimum absolute atomic E-state index is 0.0281. The van der Waals surface area contributed by atoms with Gasteiger partial charge in [0.15, 0.2) is 5.69 Å². The Bertz CT molecular complexity index is 302. The fourth-order valence-electron chi connectivity index (χ4n) is 1.23. The molecule has 1 heterocycles. The number of carbonyl (C=O) groups excluding carboxylic acids is 1. The first-order chi connectivity index (χ1) is 7.16. The molecule has 1 amide bonds. The number of rotatable bonds is 5. The summed E-state index contributed by atoms with van der Waals surface area (Å²) < 4.78 is 3.70. The predicted octanol–water partition coefficient (Wildman–Crippen LogP) is 2.17. The van der Waals surface area contributed by atoms with Gasteiger partial charge in [0.2, 0.25) is 0 Å². The summed E-state index contributed by atoms with van der Waals surface area (Å²) in [4.78, 5) is 13.8. The van der Waals surface area contributed by atoms with E-state index in [1.165, 1.54) is 11.5 Å². The maximum absolute atomic E-state index is 12.0. The van der Waals surface area contributed by atoms with Crippen molar-refractivity contribution in [3.8, 4) is 0 Å². The predicted molar refractivity (Wildman–Crippen MR) is 64.5 cm³/mol. The monoisotopic (exact) mass is 291 g/mol. The first kappa shape index (κ1) is 12.6. The van der Waals surface area contributed by atoms with Gasteiger partial charge in [-0.1, -0.05) is 20.4 Å². The number of hydrogen-bond donors (Lipinski definition) is 0. The molecule has 0 saturated heterocycles. The molecule has 0 fully saturated rings. The highest BCUT2D eigenvalue weighted by Crippen LogP contribution is 2.08. The summed E-state index contributed by atoms with van der Waals surface area (Å²) in [7, 11) is 0. The second-order valence-electron chi connectivity index (χ2n) is 3.42. The van der Waals surface area contributed by atoms with Crippen LogP contribution in [0.3, 0.4) is 0 Å². The van der Waals surface area contributed by atoms with Crippen LogP contribution in [-0.2, 0) is 0 Å². The Labute approximate surface area is 102 Å². The smallest absolute Gasteiger partial charge is 0.275 e. The quantitative estimate of drug-likeness (QED) is 0.781. The first-order valence-electron chi connectivity index (χ1n) is 4.80. The molecular weight excluding hydrogens is 278 g/mol. The number of halogens is 1. The van der Waals surface area contributed by atoms with E-state index in [0.29, 0.717) is 5.69 Å². The van der Waals surface area contributed by atoms with Gasteiger partial charge in [0.25, 0.3) is 5.91 Å². The van der Waals surface area contributed by atoms with Gasteiger partial charge < -0.3 is 4.90 Å². The van der Waals surface area contributed by atoms with Gasteiger partial charge in [-0.3, -0.25) is 4.79 Å². The van der Waals surface area contributed by atoms with Crippen LogP contribution in [0.2, 0.25) is 0 Å². The Hall–Kier alpha value is -0.490. The van der Waals surface area contributed by atoms with E-state index in [9.17, 15) is 4.79 Å². The Morgan fingerprint density at radius 3 is 2.87 bits per heavy atom. The van der Waals surface area contributed by atoms with Crippen LogP contribution in [0.1, 0.15) is 30.8 Å². The van der Waals surface area contributed by atoms with Crippen LogP contribution < -0.4 is 0 Å². The third-order valence-corrected chi connectivity index (χ3v) is 3.06. The summed E-state index contributed by atoms with van der Waals surface area (Å²) >= 11 is 4.56. The molecule has 0 bridgehead atoms. The zero-order valence-electron chi connectivity index (χ0n) is 8.81. The molecule has 1 rings (SSSR count). The van der Waals surface area contributed by atoms with Gasteiger partial charge in [-0.15, -0.1) is 5.10 Å². The highest BCUT2D eigenvalue weighted by molar-refractivity contribution is 9.09. The second kappa shape index (κ2) is 6.17. The molecule has 0 radical (unpaired) electrons. The topological polar surface area (TPSA) is 46.1 Å². The molecule has 0 saturated carbocycles. The third-order valence-electron chi connectivity index (χ3n) is 2.00. The molecule has 84 valence electrons. The highest BCUT2D eigenvalue weighted by Gasteiger charge is 2.19. The largest absolute Gasteiger partial charge is 0.335 e. The second-order valence-corrected chi connectivity index (χ2v) is 4.83. The first-order valence-corrected chi connectivity index (χ1v) is 6.76. The number of nitrogens with zero attached hydrogens (tertiary/aromatic N) is 3. The van der Waals surface area contributed by atoms with Crippen molar-refractivity contribution in [2.45, 2.75) is 26.3 Å². The van der Waals surface area contributed by atoms with Crippen LogP contribution in [0.5, 0.6) is 0 Å². The average molecular weight is 292 g/mol. The van der Waals surface area contributed by atoms with Crippen molar-refractivity contribution in [3.05, 3.63) is 11.1 Å². The molecule has 0 N–H and O–H groups in total. The minimum atomic E-state index is -0.0281. The molecule has 0 aliphatic carbocycles. The Balaban J connectivity index is 2.67. The van der Waals surface area contributed by atoms with E-state index >= 15 is 0 Å². The van der Waals surface area contributed by atoms with Crippen molar-refractivity contribution >= 4 is 33.4 Å². The molecule has 4 nitrogen and oxygen atoms in total. The fourth-order valence-corrected chi connectivity index (χ4v) is 1.91. The normalized spacial score (nSPS) is 10.7. The van der Waals surface area contributed by atoms with Crippen molar-refractivity contribution in [2.75, 3.05) is 11.9 Å². The van der Waals surface area contributed by atoms with Crippen molar-refractivity contribution < 1.29 is 4.79 Å². The van der Waals surface area contributed by atoms with Crippen molar-refractivity contribution in [1.29, 1.82) is 0 Å². The minimum Gasteiger partial charge on any atom is -0.335 e. The van der Waals surface area contributed by atoms with Crippen molar-refractivity contribution in [1.82, 2.24) is 14.5 Å². The molecule has 0 aliphatic heterocycles. The van der Waals surface area contributed by atoms with Gasteiger partial charge in [0.05, 0.1) is 0 Å². The summed E-state index contributed by atoms with van der Waals surface area (Å²) in [6, 6.07) is 0.193. The lowest BCUT2D eigenvalue weighted by atomic mass is 10.2. The van der Waals surface area contributed by atoms with E-state index in [2.05, 4.69) is 25.5 Å². The SMILES string of the molecule is CC(C)N(CCCBr)C(=O)c1csnn1.